The predicted octanol–water partition coefficient (Wildman–Crippen LogP) is 5.87. The second kappa shape index (κ2) is 11.5. The molecule has 0 aliphatic heterocycles. The smallest absolute Gasteiger partial charge is 0.373 e. The average Bonchev–Trinajstić information content (AvgIpc) is 3.09. The van der Waals surface area contributed by atoms with Crippen LogP contribution in [0.2, 0.25) is 0 Å². The monoisotopic (exact) mass is 451 g/mol. The van der Waals surface area contributed by atoms with Crippen molar-refractivity contribution in [3.63, 3.8) is 0 Å². The van der Waals surface area contributed by atoms with E-state index in [1.54, 1.807) is 6.21 Å². The Morgan fingerprint density at radius 1 is 1.10 bits per heavy atom. The maximum atomic E-state index is 10.6. The summed E-state index contributed by atoms with van der Waals surface area (Å²) in [5.41, 5.74) is 4.35. The van der Waals surface area contributed by atoms with E-state index < -0.39 is 0 Å². The van der Waals surface area contributed by atoms with Crippen molar-refractivity contribution in [2.45, 2.75) is 32.6 Å². The van der Waals surface area contributed by atoms with E-state index in [9.17, 15) is 5.11 Å². The quantitative estimate of drug-likeness (QED) is 0.376. The third-order valence-corrected chi connectivity index (χ3v) is 5.86. The molecule has 1 N–H and O–H groups in total. The molecule has 4 nitrogen and oxygen atoms in total. The highest BCUT2D eigenvalue weighted by Crippen LogP contribution is 2.38. The molecule has 3 aromatic rings. The fourth-order valence-electron chi connectivity index (χ4n) is 2.91. The van der Waals surface area contributed by atoms with Crippen molar-refractivity contribution in [2.24, 2.45) is 4.99 Å². The van der Waals surface area contributed by atoms with E-state index in [0.29, 0.717) is 6.54 Å². The number of nitrogens with zero attached hydrogens (tertiary/aromatic N) is 1. The van der Waals surface area contributed by atoms with E-state index in [4.69, 9.17) is 21.8 Å². The summed E-state index contributed by atoms with van der Waals surface area (Å²) in [6.07, 6.45) is 2.71. The zero-order valence-electron chi connectivity index (χ0n) is 17.8. The van der Waals surface area contributed by atoms with Gasteiger partial charge in [-0.15, -0.1) is 11.3 Å². The zero-order chi connectivity index (χ0) is 22.9. The number of thiophene rings is 1. The van der Waals surface area contributed by atoms with E-state index in [1.165, 1.54) is 22.5 Å². The summed E-state index contributed by atoms with van der Waals surface area (Å²) >= 11 is 6.96. The minimum Gasteiger partial charge on any atom is -0.506 e. The van der Waals surface area contributed by atoms with Gasteiger partial charge in [0.15, 0.2) is 0 Å². The van der Waals surface area contributed by atoms with Gasteiger partial charge in [-0.05, 0) is 22.1 Å². The summed E-state index contributed by atoms with van der Waals surface area (Å²) in [6.45, 7) is 7.07. The van der Waals surface area contributed by atoms with Crippen LogP contribution in [0.25, 0.3) is 10.4 Å². The number of rotatable bonds is 6. The number of aliphatic imine (C=N–C) groups is 1. The van der Waals surface area contributed by atoms with Crippen molar-refractivity contribution in [2.75, 3.05) is 6.54 Å². The number of hydrogen-bond donors (Lipinski definition) is 1. The molecule has 0 fully saturated rings. The van der Waals surface area contributed by atoms with Crippen molar-refractivity contribution in [3.05, 3.63) is 76.7 Å². The van der Waals surface area contributed by atoms with Gasteiger partial charge in [0.2, 0.25) is 0 Å². The van der Waals surface area contributed by atoms with Crippen LogP contribution in [-0.4, -0.2) is 28.9 Å². The van der Waals surface area contributed by atoms with Crippen molar-refractivity contribution in [1.29, 1.82) is 0 Å². The molecule has 1 heterocycles. The van der Waals surface area contributed by atoms with Gasteiger partial charge in [0.1, 0.15) is 5.75 Å². The summed E-state index contributed by atoms with van der Waals surface area (Å²) in [4.78, 5) is 22.4. The molecule has 0 aliphatic carbocycles. The van der Waals surface area contributed by atoms with E-state index >= 15 is 0 Å². The first-order valence-corrected chi connectivity index (χ1v) is 11.0. The van der Waals surface area contributed by atoms with Crippen LogP contribution in [0.3, 0.4) is 0 Å². The van der Waals surface area contributed by atoms with E-state index in [2.05, 4.69) is 62.2 Å². The van der Waals surface area contributed by atoms with E-state index in [0.717, 1.165) is 27.3 Å². The largest absolute Gasteiger partial charge is 0.506 e. The van der Waals surface area contributed by atoms with Crippen molar-refractivity contribution in [3.8, 4) is 16.2 Å². The topological polar surface area (TPSA) is 66.7 Å². The summed E-state index contributed by atoms with van der Waals surface area (Å²) in [5.74, 6) is 0.284. The molecule has 0 spiro atoms. The number of hydrogen-bond acceptors (Lipinski definition) is 6. The van der Waals surface area contributed by atoms with Gasteiger partial charge >= 0.3 is 6.15 Å². The second-order valence-electron chi connectivity index (χ2n) is 7.95. The molecular formula is C25H25NO3S2. The third-order valence-electron chi connectivity index (χ3n) is 4.55. The van der Waals surface area contributed by atoms with Crippen molar-refractivity contribution in [1.82, 2.24) is 0 Å². The molecule has 160 valence electrons. The van der Waals surface area contributed by atoms with Gasteiger partial charge in [0.05, 0.1) is 11.4 Å². The number of carbonyl (C=O) groups excluding carboxylic acids is 2. The van der Waals surface area contributed by atoms with Crippen LogP contribution in [0.1, 0.15) is 37.5 Å². The molecular weight excluding hydrogens is 426 g/mol. The second-order valence-corrected chi connectivity index (χ2v) is 9.41. The van der Waals surface area contributed by atoms with E-state index in [-0.39, 0.29) is 17.3 Å². The lowest BCUT2D eigenvalue weighted by Crippen LogP contribution is -2.10. The Kier molecular flexibility index (Phi) is 9.01. The Morgan fingerprint density at radius 3 is 2.29 bits per heavy atom. The van der Waals surface area contributed by atoms with Crippen LogP contribution in [0.4, 0.5) is 0 Å². The van der Waals surface area contributed by atoms with E-state index in [1.807, 2.05) is 23.6 Å². The lowest BCUT2D eigenvalue weighted by molar-refractivity contribution is -0.191. The first-order valence-electron chi connectivity index (χ1n) is 9.72. The Labute approximate surface area is 192 Å². The van der Waals surface area contributed by atoms with Gasteiger partial charge in [0, 0.05) is 28.4 Å². The average molecular weight is 452 g/mol. The summed E-state index contributed by atoms with van der Waals surface area (Å²) < 4.78 is 0. The maximum Gasteiger partial charge on any atom is 0.373 e. The zero-order valence-corrected chi connectivity index (χ0v) is 19.4. The van der Waals surface area contributed by atoms with Gasteiger partial charge in [0.25, 0.3) is 0 Å². The molecule has 0 radical (unpaired) electrons. The fourth-order valence-corrected chi connectivity index (χ4v) is 4.07. The van der Waals surface area contributed by atoms with Gasteiger partial charge in [-0.25, -0.2) is 0 Å². The van der Waals surface area contributed by atoms with Crippen LogP contribution in [0.5, 0.6) is 5.75 Å². The fraction of sp³-hybridized carbons (Fsp3) is 0.240. The van der Waals surface area contributed by atoms with Crippen LogP contribution in [-0.2, 0) is 21.4 Å². The van der Waals surface area contributed by atoms with Gasteiger partial charge < -0.3 is 5.11 Å². The molecule has 0 bridgehead atoms. The lowest BCUT2D eigenvalue weighted by atomic mass is 9.86. The molecule has 0 saturated carbocycles. The van der Waals surface area contributed by atoms with Crippen molar-refractivity contribution >= 4 is 40.8 Å². The van der Waals surface area contributed by atoms with Crippen molar-refractivity contribution < 1.29 is 14.7 Å². The Hall–Kier alpha value is -2.92. The highest BCUT2D eigenvalue weighted by molar-refractivity contribution is 7.80. The maximum absolute atomic E-state index is 10.6. The third kappa shape index (κ3) is 7.37. The molecule has 0 aliphatic rings. The summed E-state index contributed by atoms with van der Waals surface area (Å²) in [6, 6.07) is 18.6. The molecule has 31 heavy (non-hydrogen) atoms. The number of thiocarbonyl (C=S) groups is 1. The molecule has 0 atom stereocenters. The molecule has 1 aromatic heterocycles. The molecule has 0 unspecified atom stereocenters. The predicted molar refractivity (Wildman–Crippen MR) is 130 cm³/mol. The first kappa shape index (κ1) is 24.4. The molecule has 2 aromatic carbocycles. The Morgan fingerprint density at radius 2 is 1.71 bits per heavy atom. The standard InChI is InChI=1S/C24H25NOS2.CO2/c1-24(2,3)20-11-9-18(10-12-20)23-22(26)19(16-28-23)14-25-15-21(27)13-17-7-5-4-6-8-17;2-1-3/h4-12,14,16,26H,13,15H2,1-3H3;. The van der Waals surface area contributed by atoms with Crippen LogP contribution >= 0.6 is 23.6 Å². The van der Waals surface area contributed by atoms with Gasteiger partial charge in [-0.1, -0.05) is 87.6 Å². The molecule has 0 saturated heterocycles. The summed E-state index contributed by atoms with van der Waals surface area (Å²) in [5, 5.41) is 12.5. The Balaban J connectivity index is 0.00000107. The SMILES string of the molecule is CC(C)(C)c1ccc(-c2scc(C=NCC(=S)Cc3ccccc3)c2O)cc1.O=C=O. The van der Waals surface area contributed by atoms with Crippen LogP contribution in [0, 0.1) is 0 Å². The normalized spacial score (nSPS) is 10.9. The highest BCUT2D eigenvalue weighted by atomic mass is 32.1. The number of benzene rings is 2. The highest BCUT2D eigenvalue weighted by Gasteiger charge is 2.15. The van der Waals surface area contributed by atoms with Gasteiger partial charge in [-0.2, -0.15) is 9.59 Å². The molecule has 6 heteroatoms. The lowest BCUT2D eigenvalue weighted by Gasteiger charge is -2.19. The van der Waals surface area contributed by atoms with Crippen LogP contribution in [0.15, 0.2) is 65.0 Å². The van der Waals surface area contributed by atoms with Crippen LogP contribution < -0.4 is 0 Å². The molecule has 3 rings (SSSR count). The first-order chi connectivity index (χ1) is 14.8. The minimum atomic E-state index is 0.117. The summed E-state index contributed by atoms with van der Waals surface area (Å²) in [7, 11) is 0. The Bertz CT molecular complexity index is 1060. The number of aromatic hydroxyl groups is 1. The minimum absolute atomic E-state index is 0.117. The molecule has 0 amide bonds. The van der Waals surface area contributed by atoms with Gasteiger partial charge in [-0.3, -0.25) is 4.99 Å².